The Morgan fingerprint density at radius 2 is 1.76 bits per heavy atom. The number of hydrogen-bond acceptors (Lipinski definition) is 5. The van der Waals surface area contributed by atoms with Gasteiger partial charge in [-0.3, -0.25) is 4.90 Å². The van der Waals surface area contributed by atoms with E-state index in [1.54, 1.807) is 25.8 Å². The van der Waals surface area contributed by atoms with Crippen molar-refractivity contribution in [3.8, 4) is 0 Å². The number of aromatic nitrogens is 1. The van der Waals surface area contributed by atoms with Crippen molar-refractivity contribution in [2.45, 2.75) is 62.2 Å². The van der Waals surface area contributed by atoms with Crippen LogP contribution in [0.5, 0.6) is 0 Å². The number of aryl methyl sites for hydroxylation is 2. The van der Waals surface area contributed by atoms with Gasteiger partial charge in [-0.1, -0.05) is 6.07 Å². The molecule has 0 radical (unpaired) electrons. The highest BCUT2D eigenvalue weighted by Gasteiger charge is 2.27. The molecule has 5 N–H and O–H groups in total. The number of benzene rings is 1. The first-order chi connectivity index (χ1) is 13.6. The van der Waals surface area contributed by atoms with Crippen LogP contribution in [-0.2, 0) is 42.3 Å². The molecule has 7 nitrogen and oxygen atoms in total. The second kappa shape index (κ2) is 8.51. The lowest BCUT2D eigenvalue weighted by Crippen LogP contribution is -2.33. The fourth-order valence-corrected chi connectivity index (χ4v) is 5.31. The Morgan fingerprint density at radius 1 is 1.21 bits per heavy atom. The molecule has 0 spiro atoms. The highest BCUT2D eigenvalue weighted by atomic mass is 32.2. The van der Waals surface area contributed by atoms with Gasteiger partial charge in [-0.15, -0.1) is 11.3 Å². The minimum atomic E-state index is -1.50. The molecule has 0 saturated heterocycles. The summed E-state index contributed by atoms with van der Waals surface area (Å²) in [6.07, 6.45) is 8.33. The van der Waals surface area contributed by atoms with Gasteiger partial charge in [0.25, 0.3) is 0 Å². The lowest BCUT2D eigenvalue weighted by Gasteiger charge is -2.22. The molecule has 2 aliphatic rings. The summed E-state index contributed by atoms with van der Waals surface area (Å²) in [7, 11) is 0.302. The van der Waals surface area contributed by atoms with Gasteiger partial charge >= 0.3 is 6.03 Å². The molecule has 0 saturated carbocycles. The molecule has 4 rings (SSSR count). The third-order valence-electron chi connectivity index (χ3n) is 5.31. The molecule has 1 unspecified atom stereocenters. The second-order valence-electron chi connectivity index (χ2n) is 7.95. The summed E-state index contributed by atoms with van der Waals surface area (Å²) in [5, 5.41) is 15.1. The molecule has 1 aromatic heterocycles. The van der Waals surface area contributed by atoms with Gasteiger partial charge in [-0.25, -0.2) is 19.1 Å². The second-order valence-corrected chi connectivity index (χ2v) is 10.3. The van der Waals surface area contributed by atoms with Crippen molar-refractivity contribution in [3.05, 3.63) is 39.5 Å². The number of thiazole rings is 1. The van der Waals surface area contributed by atoms with Crippen molar-refractivity contribution in [2.24, 2.45) is 10.9 Å². The van der Waals surface area contributed by atoms with Crippen molar-refractivity contribution in [1.82, 2.24) is 4.98 Å². The summed E-state index contributed by atoms with van der Waals surface area (Å²) >= 11 is 1.16. The Labute approximate surface area is 177 Å². The summed E-state index contributed by atoms with van der Waals surface area (Å²) in [5.74, 6) is 0. The number of hydrogen-bond donors (Lipinski definition) is 3. The van der Waals surface area contributed by atoms with E-state index >= 15 is 0 Å². The van der Waals surface area contributed by atoms with Crippen LogP contribution in [0.15, 0.2) is 16.5 Å². The van der Waals surface area contributed by atoms with Gasteiger partial charge in [0.05, 0.1) is 11.9 Å². The zero-order valence-corrected chi connectivity index (χ0v) is 18.7. The number of carbonyl (C=O) groups excluding carboxylic acids is 1. The molecule has 2 aliphatic carbocycles. The Balaban J connectivity index is 0.000000177. The van der Waals surface area contributed by atoms with Crippen molar-refractivity contribution < 1.29 is 14.1 Å². The number of carbonyl (C=O) groups is 1. The molecule has 2 amide bonds. The van der Waals surface area contributed by atoms with E-state index in [1.165, 1.54) is 41.3 Å². The number of anilines is 1. The zero-order chi connectivity index (χ0) is 21.3. The summed E-state index contributed by atoms with van der Waals surface area (Å²) in [4.78, 5) is 17.0. The molecular weight excluding hydrogens is 408 g/mol. The topological polar surface area (TPSA) is 123 Å². The predicted molar refractivity (Wildman–Crippen MR) is 116 cm³/mol. The first kappa shape index (κ1) is 21.9. The highest BCUT2D eigenvalue weighted by molar-refractivity contribution is 7.85. The van der Waals surface area contributed by atoms with E-state index in [2.05, 4.69) is 11.1 Å². The SMILES string of the molecule is CC(C)(O)c1ncc(S(N)=O)s1.CN(C(N)=O)c1c2c(cc3c1CCC3)CCC2. The predicted octanol–water partition coefficient (Wildman–Crippen LogP) is 2.53. The smallest absolute Gasteiger partial charge is 0.319 e. The summed E-state index contributed by atoms with van der Waals surface area (Å²) < 4.78 is 11.2. The van der Waals surface area contributed by atoms with Gasteiger partial charge in [0.15, 0.2) is 0 Å². The number of rotatable bonds is 3. The van der Waals surface area contributed by atoms with E-state index in [1.807, 2.05) is 0 Å². The summed E-state index contributed by atoms with van der Waals surface area (Å²) in [6.45, 7) is 3.24. The van der Waals surface area contributed by atoms with E-state index in [4.69, 9.17) is 10.9 Å². The first-order valence-corrected chi connectivity index (χ1v) is 11.7. The molecule has 0 aliphatic heterocycles. The quantitative estimate of drug-likeness (QED) is 0.684. The van der Waals surface area contributed by atoms with Crippen LogP contribution in [0.2, 0.25) is 0 Å². The third kappa shape index (κ3) is 4.69. The maximum absolute atomic E-state index is 11.4. The van der Waals surface area contributed by atoms with Gasteiger partial charge in [0, 0.05) is 7.05 Å². The molecule has 1 heterocycles. The lowest BCUT2D eigenvalue weighted by atomic mass is 9.98. The minimum absolute atomic E-state index is 0.348. The van der Waals surface area contributed by atoms with Gasteiger partial charge in [-0.05, 0) is 74.6 Å². The molecule has 29 heavy (non-hydrogen) atoms. The van der Waals surface area contributed by atoms with Crippen LogP contribution >= 0.6 is 11.3 Å². The standard InChI is InChI=1S/C14H18N2O.C6H10N2O2S2/c1-16(14(15)17)13-11-6-2-4-9(11)8-10-5-3-7-12(10)13;1-6(2,9)5-8-3-4(11-5)12(7)10/h8H,2-7H2,1H3,(H2,15,17);3,9H,7H2,1-2H3. The van der Waals surface area contributed by atoms with Crippen molar-refractivity contribution >= 4 is 34.0 Å². The Kier molecular flexibility index (Phi) is 6.42. The van der Waals surface area contributed by atoms with Crippen LogP contribution in [-0.4, -0.2) is 27.4 Å². The van der Waals surface area contributed by atoms with E-state index < -0.39 is 16.6 Å². The van der Waals surface area contributed by atoms with E-state index in [9.17, 15) is 14.1 Å². The number of aliphatic hydroxyl groups is 1. The van der Waals surface area contributed by atoms with Gasteiger partial charge in [0.2, 0.25) is 0 Å². The number of nitrogens with zero attached hydrogens (tertiary/aromatic N) is 2. The third-order valence-corrected chi connectivity index (χ3v) is 7.66. The average molecular weight is 437 g/mol. The highest BCUT2D eigenvalue weighted by Crippen LogP contribution is 2.40. The van der Waals surface area contributed by atoms with Crippen molar-refractivity contribution in [2.75, 3.05) is 11.9 Å². The largest absolute Gasteiger partial charge is 0.383 e. The van der Waals surface area contributed by atoms with E-state index in [-0.39, 0.29) is 6.03 Å². The zero-order valence-electron chi connectivity index (χ0n) is 17.0. The summed E-state index contributed by atoms with van der Waals surface area (Å²) in [5.41, 5.74) is 11.2. The van der Waals surface area contributed by atoms with Gasteiger partial charge in [0.1, 0.15) is 25.8 Å². The first-order valence-electron chi connectivity index (χ1n) is 9.64. The molecular formula is C20H28N4O3S2. The number of urea groups is 1. The molecule has 1 atom stereocenters. The lowest BCUT2D eigenvalue weighted by molar-refractivity contribution is 0.0783. The maximum Gasteiger partial charge on any atom is 0.319 e. The van der Waals surface area contributed by atoms with E-state index in [0.29, 0.717) is 9.22 Å². The molecule has 9 heteroatoms. The Morgan fingerprint density at radius 3 is 2.14 bits per heavy atom. The number of nitrogens with two attached hydrogens (primary N) is 2. The maximum atomic E-state index is 11.4. The molecule has 158 valence electrons. The number of primary amides is 1. The van der Waals surface area contributed by atoms with Crippen LogP contribution in [0, 0.1) is 0 Å². The van der Waals surface area contributed by atoms with Crippen LogP contribution < -0.4 is 15.8 Å². The fourth-order valence-electron chi connectivity index (χ4n) is 3.94. The number of amides is 2. The molecule has 0 fully saturated rings. The molecule has 0 bridgehead atoms. The monoisotopic (exact) mass is 436 g/mol. The summed E-state index contributed by atoms with van der Waals surface area (Å²) in [6, 6.07) is 2.02. The Hall–Kier alpha value is -1.81. The van der Waals surface area contributed by atoms with Crippen LogP contribution in [0.1, 0.15) is 54.0 Å². The molecule has 2 aromatic rings. The Bertz CT molecular complexity index is 918. The fraction of sp³-hybridized carbons (Fsp3) is 0.500. The van der Waals surface area contributed by atoms with Crippen LogP contribution in [0.3, 0.4) is 0 Å². The minimum Gasteiger partial charge on any atom is -0.383 e. The van der Waals surface area contributed by atoms with Crippen LogP contribution in [0.25, 0.3) is 0 Å². The van der Waals surface area contributed by atoms with Gasteiger partial charge < -0.3 is 10.8 Å². The van der Waals surface area contributed by atoms with Crippen LogP contribution in [0.4, 0.5) is 10.5 Å². The normalized spacial score (nSPS) is 15.9. The van der Waals surface area contributed by atoms with E-state index in [0.717, 1.165) is 42.7 Å². The van der Waals surface area contributed by atoms with Crippen molar-refractivity contribution in [1.29, 1.82) is 0 Å². The van der Waals surface area contributed by atoms with Gasteiger partial charge in [-0.2, -0.15) is 0 Å². The van der Waals surface area contributed by atoms with Crippen molar-refractivity contribution in [3.63, 3.8) is 0 Å². The average Bonchev–Trinajstić information content (AvgIpc) is 3.37. The molecule has 1 aromatic carbocycles. The number of fused-ring (bicyclic) bond motifs is 2.